The van der Waals surface area contributed by atoms with E-state index in [4.69, 9.17) is 16.6 Å². The monoisotopic (exact) mass is 535 g/mol. The highest BCUT2D eigenvalue weighted by atomic mass is 35.5. The fourth-order valence-electron chi connectivity index (χ4n) is 5.20. The van der Waals surface area contributed by atoms with Crippen LogP contribution < -0.4 is 10.5 Å². The molecule has 0 aliphatic carbocycles. The lowest BCUT2D eigenvalue weighted by Gasteiger charge is -2.21. The highest BCUT2D eigenvalue weighted by molar-refractivity contribution is 7.25. The van der Waals surface area contributed by atoms with Crippen molar-refractivity contribution in [1.29, 1.82) is 0 Å². The van der Waals surface area contributed by atoms with Gasteiger partial charge >= 0.3 is 0 Å². The Morgan fingerprint density at radius 3 is 2.13 bits per heavy atom. The number of hydrogen-bond acceptors (Lipinski definition) is 6. The van der Waals surface area contributed by atoms with Crippen LogP contribution in [-0.2, 0) is 0 Å². The molecular formula is C30H22ClN5OS. The lowest BCUT2D eigenvalue weighted by Crippen LogP contribution is -2.30. The van der Waals surface area contributed by atoms with E-state index < -0.39 is 0 Å². The first-order valence-electron chi connectivity index (χ1n) is 12.6. The van der Waals surface area contributed by atoms with Gasteiger partial charge in [0.2, 0.25) is 5.95 Å². The smallest absolute Gasteiger partial charge is 0.277 e. The molecule has 38 heavy (non-hydrogen) atoms. The molecule has 0 atom stereocenters. The zero-order chi connectivity index (χ0) is 25.6. The number of nitrogens with zero attached hydrogens (tertiary/aromatic N) is 5. The fraction of sp³-hybridized carbons (Fsp3) is 0.133. The average molecular weight is 536 g/mol. The van der Waals surface area contributed by atoms with E-state index in [0.29, 0.717) is 26.0 Å². The van der Waals surface area contributed by atoms with Gasteiger partial charge in [0.25, 0.3) is 5.56 Å². The van der Waals surface area contributed by atoms with Crippen molar-refractivity contribution in [2.75, 3.05) is 18.0 Å². The van der Waals surface area contributed by atoms with Crippen molar-refractivity contribution in [3.8, 4) is 28.1 Å². The van der Waals surface area contributed by atoms with Gasteiger partial charge in [0, 0.05) is 34.6 Å². The van der Waals surface area contributed by atoms with Gasteiger partial charge in [-0.2, -0.15) is 0 Å². The van der Waals surface area contributed by atoms with Gasteiger partial charge in [-0.1, -0.05) is 72.3 Å². The largest absolute Gasteiger partial charge is 0.342 e. The quantitative estimate of drug-likeness (QED) is 0.244. The minimum Gasteiger partial charge on any atom is -0.342 e. The van der Waals surface area contributed by atoms with Crippen molar-refractivity contribution >= 4 is 49.3 Å². The summed E-state index contributed by atoms with van der Waals surface area (Å²) in [5.41, 5.74) is 5.00. The Morgan fingerprint density at radius 1 is 0.789 bits per heavy atom. The SMILES string of the molecule is O=c1c2sc3nnc(-c4ccccc4)c(-c4ccccc4)c3c2nc(N2CCCC2)n1-c1ccc(Cl)cc1. The molecule has 0 saturated carbocycles. The second kappa shape index (κ2) is 9.35. The number of aromatic nitrogens is 4. The molecule has 0 amide bonds. The lowest BCUT2D eigenvalue weighted by atomic mass is 9.97. The van der Waals surface area contributed by atoms with Crippen LogP contribution in [0.5, 0.6) is 0 Å². The predicted molar refractivity (Wildman–Crippen MR) is 156 cm³/mol. The van der Waals surface area contributed by atoms with Gasteiger partial charge in [0.15, 0.2) is 0 Å². The maximum absolute atomic E-state index is 14.2. The molecule has 1 aliphatic rings. The fourth-order valence-corrected chi connectivity index (χ4v) is 6.33. The summed E-state index contributed by atoms with van der Waals surface area (Å²) in [6.45, 7) is 1.71. The predicted octanol–water partition coefficient (Wildman–Crippen LogP) is 6.98. The van der Waals surface area contributed by atoms with E-state index in [0.717, 1.165) is 59.4 Å². The lowest BCUT2D eigenvalue weighted by molar-refractivity contribution is 0.842. The summed E-state index contributed by atoms with van der Waals surface area (Å²) in [6, 6.07) is 27.6. The number of fused-ring (bicyclic) bond motifs is 3. The van der Waals surface area contributed by atoms with E-state index in [-0.39, 0.29) is 5.56 Å². The van der Waals surface area contributed by atoms with Gasteiger partial charge in [-0.15, -0.1) is 21.5 Å². The third kappa shape index (κ3) is 3.78. The molecule has 1 saturated heterocycles. The van der Waals surface area contributed by atoms with E-state index in [9.17, 15) is 4.79 Å². The molecule has 0 bridgehead atoms. The summed E-state index contributed by atoms with van der Waals surface area (Å²) in [4.78, 5) is 22.3. The van der Waals surface area contributed by atoms with Gasteiger partial charge in [-0.25, -0.2) is 9.55 Å². The van der Waals surface area contributed by atoms with Crippen molar-refractivity contribution in [1.82, 2.24) is 19.7 Å². The van der Waals surface area contributed by atoms with Crippen LogP contribution in [0.3, 0.4) is 0 Å². The molecule has 0 spiro atoms. The third-order valence-corrected chi connectivity index (χ3v) is 8.29. The molecule has 0 unspecified atom stereocenters. The summed E-state index contributed by atoms with van der Waals surface area (Å²) < 4.78 is 2.28. The number of hydrogen-bond donors (Lipinski definition) is 0. The second-order valence-corrected chi connectivity index (χ2v) is 10.8. The van der Waals surface area contributed by atoms with E-state index in [1.807, 2.05) is 60.7 Å². The normalized spacial score (nSPS) is 13.6. The topological polar surface area (TPSA) is 63.9 Å². The Kier molecular flexibility index (Phi) is 5.68. The van der Waals surface area contributed by atoms with Gasteiger partial charge in [0.05, 0.1) is 5.69 Å². The number of anilines is 1. The zero-order valence-electron chi connectivity index (χ0n) is 20.3. The summed E-state index contributed by atoms with van der Waals surface area (Å²) in [6.07, 6.45) is 2.13. The molecule has 4 heterocycles. The van der Waals surface area contributed by atoms with Crippen molar-refractivity contribution in [3.05, 3.63) is 100 Å². The Labute approximate surface area is 227 Å². The van der Waals surface area contributed by atoms with Crippen molar-refractivity contribution < 1.29 is 0 Å². The molecule has 0 N–H and O–H groups in total. The van der Waals surface area contributed by atoms with Crippen LogP contribution in [0.1, 0.15) is 12.8 Å². The Morgan fingerprint density at radius 2 is 1.45 bits per heavy atom. The maximum atomic E-state index is 14.2. The third-order valence-electron chi connectivity index (χ3n) is 6.98. The molecule has 1 aliphatic heterocycles. The molecule has 8 heteroatoms. The first-order valence-corrected chi connectivity index (χ1v) is 13.8. The summed E-state index contributed by atoms with van der Waals surface area (Å²) in [7, 11) is 0. The van der Waals surface area contributed by atoms with Crippen LogP contribution >= 0.6 is 22.9 Å². The molecule has 6 aromatic rings. The van der Waals surface area contributed by atoms with Crippen LogP contribution in [0.15, 0.2) is 89.7 Å². The first-order chi connectivity index (χ1) is 18.7. The van der Waals surface area contributed by atoms with Gasteiger partial charge in [0.1, 0.15) is 20.7 Å². The molecule has 1 fully saturated rings. The van der Waals surface area contributed by atoms with Gasteiger partial charge in [-0.05, 0) is 42.7 Å². The number of thiophene rings is 1. The van der Waals surface area contributed by atoms with Crippen molar-refractivity contribution in [2.45, 2.75) is 12.8 Å². The van der Waals surface area contributed by atoms with Crippen LogP contribution in [0.25, 0.3) is 48.5 Å². The van der Waals surface area contributed by atoms with Crippen LogP contribution in [-0.4, -0.2) is 32.8 Å². The molecule has 6 nitrogen and oxygen atoms in total. The molecule has 3 aromatic heterocycles. The van der Waals surface area contributed by atoms with Crippen molar-refractivity contribution in [2.24, 2.45) is 0 Å². The van der Waals surface area contributed by atoms with Crippen LogP contribution in [0, 0.1) is 0 Å². The van der Waals surface area contributed by atoms with E-state index >= 15 is 0 Å². The van der Waals surface area contributed by atoms with E-state index in [1.165, 1.54) is 11.3 Å². The minimum absolute atomic E-state index is 0.109. The summed E-state index contributed by atoms with van der Waals surface area (Å²) >= 11 is 7.52. The standard InChI is InChI=1S/C30H22ClN5OS/c31-21-13-15-22(16-14-21)36-29(37)27-26(32-30(36)35-17-7-8-18-35)24-23(19-9-3-1-4-10-19)25(33-34-28(24)38-27)20-11-5-2-6-12-20/h1-6,9-16H,7-8,17-18H2. The zero-order valence-corrected chi connectivity index (χ0v) is 21.9. The molecule has 7 rings (SSSR count). The Balaban J connectivity index is 1.60. The number of halogens is 1. The van der Waals surface area contributed by atoms with E-state index in [2.05, 4.69) is 27.2 Å². The maximum Gasteiger partial charge on any atom is 0.277 e. The second-order valence-electron chi connectivity index (χ2n) is 9.34. The molecular weight excluding hydrogens is 514 g/mol. The highest BCUT2D eigenvalue weighted by Gasteiger charge is 2.26. The highest BCUT2D eigenvalue weighted by Crippen LogP contribution is 2.42. The van der Waals surface area contributed by atoms with Crippen molar-refractivity contribution in [3.63, 3.8) is 0 Å². The van der Waals surface area contributed by atoms with E-state index in [1.54, 1.807) is 16.7 Å². The van der Waals surface area contributed by atoms with Gasteiger partial charge in [-0.3, -0.25) is 4.79 Å². The van der Waals surface area contributed by atoms with Crippen LogP contribution in [0.2, 0.25) is 5.02 Å². The first kappa shape index (κ1) is 23.1. The Hall–Kier alpha value is -4.07. The summed E-state index contributed by atoms with van der Waals surface area (Å²) in [5.74, 6) is 0.652. The average Bonchev–Trinajstić information content (AvgIpc) is 3.63. The van der Waals surface area contributed by atoms with Gasteiger partial charge < -0.3 is 4.90 Å². The molecule has 3 aromatic carbocycles. The molecule has 0 radical (unpaired) electrons. The van der Waals surface area contributed by atoms with Crippen LogP contribution in [0.4, 0.5) is 5.95 Å². The summed E-state index contributed by atoms with van der Waals surface area (Å²) in [5, 5.41) is 10.8. The number of benzene rings is 3. The molecule has 186 valence electrons. The Bertz CT molecular complexity index is 1840. The number of rotatable bonds is 4. The minimum atomic E-state index is -0.109.